The number of likely N-dealkylation sites (N-methyl/N-ethyl adjacent to an activating group) is 1. The molecule has 28 nitrogen and oxygen atoms in total. The summed E-state index contributed by atoms with van der Waals surface area (Å²) >= 11 is 0. The van der Waals surface area contributed by atoms with Gasteiger partial charge in [-0.2, -0.15) is 0 Å². The van der Waals surface area contributed by atoms with Gasteiger partial charge in [-0.05, 0) is 149 Å². The van der Waals surface area contributed by atoms with Crippen molar-refractivity contribution in [3.05, 3.63) is 149 Å². The van der Waals surface area contributed by atoms with Crippen LogP contribution in [0.5, 0.6) is 5.75 Å². The third kappa shape index (κ3) is 24.5. The van der Waals surface area contributed by atoms with Gasteiger partial charge in [-0.1, -0.05) is 72.8 Å². The van der Waals surface area contributed by atoms with Crippen LogP contribution in [-0.2, 0) is 117 Å². The number of hydrogen-bond donors (Lipinski definition) is 7. The predicted molar refractivity (Wildman–Crippen MR) is 424 cm³/mol. The number of nitrogens with zero attached hydrogens (tertiary/aromatic N) is 5. The van der Waals surface area contributed by atoms with Gasteiger partial charge in [0.15, 0.2) is 11.6 Å². The predicted octanol–water partition coefficient (Wildman–Crippen LogP) is 4.76. The number of aliphatic hydroxyl groups excluding tert-OH is 1. The molecule has 29 heteroatoms. The molecular weight excluding hydrogens is 1480 g/mol. The van der Waals surface area contributed by atoms with E-state index in [1.807, 2.05) is 62.1 Å². The quantitative estimate of drug-likeness (QED) is 0.0398. The molecule has 0 aliphatic carbocycles. The first-order chi connectivity index (χ1) is 55.0. The van der Waals surface area contributed by atoms with E-state index < -0.39 is 132 Å². The molecular formula is C86H113FN11O17+. The lowest BCUT2D eigenvalue weighted by atomic mass is 9.88. The van der Waals surface area contributed by atoms with Gasteiger partial charge in [0.05, 0.1) is 78.5 Å². The second-order valence-corrected chi connectivity index (χ2v) is 32.2. The van der Waals surface area contributed by atoms with E-state index in [0.717, 1.165) is 17.7 Å². The number of carbonyl (C=O) groups is 12. The number of ketones is 3. The first kappa shape index (κ1) is 87.3. The number of methoxy groups -OCH3 is 1. The van der Waals surface area contributed by atoms with E-state index in [1.165, 1.54) is 42.9 Å². The molecule has 5 aromatic rings. The number of aliphatic hydroxyl groups is 1. The molecule has 6 aliphatic rings. The number of benzene rings is 4. The Kier molecular flexibility index (Phi) is 31.1. The van der Waals surface area contributed by atoms with Gasteiger partial charge in [0.25, 0.3) is 0 Å². The van der Waals surface area contributed by atoms with Crippen LogP contribution in [0.25, 0.3) is 10.9 Å². The molecule has 115 heavy (non-hydrogen) atoms. The van der Waals surface area contributed by atoms with Crippen LogP contribution < -0.4 is 36.6 Å². The lowest BCUT2D eigenvalue weighted by molar-refractivity contribution is -0.870. The summed E-state index contributed by atoms with van der Waals surface area (Å²) in [6.45, 7) is 6.11. The summed E-state index contributed by atoms with van der Waals surface area (Å²) in [5.41, 5.74) is 3.00. The second kappa shape index (κ2) is 41.0. The Morgan fingerprint density at radius 2 is 1.43 bits per heavy atom. The number of hydrogen-bond acceptors (Lipinski definition) is 17. The lowest BCUT2D eigenvalue weighted by Crippen LogP contribution is -2.62. The zero-order valence-corrected chi connectivity index (χ0v) is 67.2. The summed E-state index contributed by atoms with van der Waals surface area (Å²) in [4.78, 5) is 183. The molecule has 9 amide bonds. The maximum absolute atomic E-state index is 16.3. The van der Waals surface area contributed by atoms with Crippen LogP contribution in [0.2, 0.25) is 0 Å². The van der Waals surface area contributed by atoms with Crippen molar-refractivity contribution in [1.82, 2.24) is 51.2 Å². The van der Waals surface area contributed by atoms with E-state index in [-0.39, 0.29) is 134 Å². The smallest absolute Gasteiger partial charge is 0.246 e. The van der Waals surface area contributed by atoms with Crippen molar-refractivity contribution in [1.29, 1.82) is 0 Å². The second-order valence-electron chi connectivity index (χ2n) is 32.2. The zero-order chi connectivity index (χ0) is 82.5. The van der Waals surface area contributed by atoms with Crippen LogP contribution in [0.4, 0.5) is 4.39 Å². The minimum Gasteiger partial charge on any atom is -0.497 e. The van der Waals surface area contributed by atoms with Crippen molar-refractivity contribution in [2.45, 2.75) is 204 Å². The average Bonchev–Trinajstić information content (AvgIpc) is 1.66. The summed E-state index contributed by atoms with van der Waals surface area (Å²) in [7, 11) is 7.63. The van der Waals surface area contributed by atoms with E-state index in [2.05, 4.69) is 31.9 Å². The number of fused-ring (bicyclic) bond motifs is 16. The Morgan fingerprint density at radius 1 is 0.696 bits per heavy atom. The molecule has 2 saturated heterocycles. The number of halogens is 1. The molecule has 11 rings (SSSR count). The number of carbonyl (C=O) groups excluding carboxylic acids is 12. The molecule has 1 aromatic heterocycles. The van der Waals surface area contributed by atoms with Crippen molar-refractivity contribution >= 4 is 81.4 Å². The van der Waals surface area contributed by atoms with Crippen molar-refractivity contribution in [2.75, 3.05) is 87.5 Å². The number of aromatic nitrogens is 1. The molecule has 620 valence electrons. The Labute approximate surface area is 671 Å². The topological polar surface area (TPSA) is 349 Å². The van der Waals surface area contributed by atoms with E-state index in [9.17, 15) is 33.9 Å². The van der Waals surface area contributed by atoms with Gasteiger partial charge in [0, 0.05) is 107 Å². The fourth-order valence-electron chi connectivity index (χ4n) is 15.6. The summed E-state index contributed by atoms with van der Waals surface area (Å²) in [5, 5.41) is 28.7. The number of nitrogens with one attached hydrogen (secondary N) is 6. The molecule has 0 unspecified atom stereocenters. The molecule has 0 saturated carbocycles. The number of quaternary nitrogens is 1. The minimum atomic E-state index is -1.84. The van der Waals surface area contributed by atoms with E-state index in [4.69, 9.17) is 18.9 Å². The number of ether oxygens (including phenoxy) is 4. The molecule has 12 bridgehead atoms. The monoisotopic (exact) mass is 1590 g/mol. The Hall–Kier alpha value is -10.1. The SMILES string of the molecule is COc1ccc(C[C@@H]2NC(=O)[C@H]([C@@H](C)O)NC(=O)[C@@H]3[C@@H]4CCN3C(=O)[C@H]3CC(=O)[C@H](Cc5cccc(c5)CNC(=O)CO4)NC(=O)[C@@H](CCC(=O)CCOCCOCC[N+](C)(C)C)NC(=O)[C@H](C)NC(=O)CCC(=O)N(CCCC=CCn4cc(c5cc(F)ccc54)C3)Cc3ccc(cc3)CCCC(=O)[C@]3(C)CCCN3C2=O)cc1. The van der Waals surface area contributed by atoms with Crippen LogP contribution in [0, 0.1) is 11.7 Å². The van der Waals surface area contributed by atoms with E-state index in [0.29, 0.717) is 95.1 Å². The van der Waals surface area contributed by atoms with Gasteiger partial charge in [-0.3, -0.25) is 57.5 Å². The molecule has 10 atom stereocenters. The molecule has 6 aliphatic heterocycles. The highest BCUT2D eigenvalue weighted by Crippen LogP contribution is 2.35. The lowest BCUT2D eigenvalue weighted by Gasteiger charge is -2.37. The maximum atomic E-state index is 16.3. The van der Waals surface area contributed by atoms with Crippen LogP contribution in [-0.4, -0.2) is 241 Å². The van der Waals surface area contributed by atoms with Crippen LogP contribution in [0.1, 0.15) is 138 Å². The first-order valence-corrected chi connectivity index (χ1v) is 40.2. The highest BCUT2D eigenvalue weighted by atomic mass is 19.1. The molecule has 4 aromatic carbocycles. The minimum absolute atomic E-state index is 0.0265. The molecule has 0 spiro atoms. The van der Waals surface area contributed by atoms with Crippen molar-refractivity contribution in [2.24, 2.45) is 5.92 Å². The number of allylic oxidation sites excluding steroid dienone is 2. The number of rotatable bonds is 16. The molecule has 2 fully saturated rings. The van der Waals surface area contributed by atoms with Crippen LogP contribution in [0.3, 0.4) is 0 Å². The Morgan fingerprint density at radius 3 is 2.18 bits per heavy atom. The summed E-state index contributed by atoms with van der Waals surface area (Å²) in [5.74, 6) is -9.59. The van der Waals surface area contributed by atoms with Gasteiger partial charge in [-0.25, -0.2) is 4.39 Å². The van der Waals surface area contributed by atoms with Gasteiger partial charge in [-0.15, -0.1) is 0 Å². The molecule has 7 heterocycles. The standard InChI is InChI=1S/C86H112FN11O17/c1-55-80(106)90-68(29-26-65(100)34-41-113-43-44-114-42-40-98(4,5)6)81(107)91-69-47-60-16-12-17-61(45-60)51-88-76(104)54-115-73-33-39-96-79(73)83(109)93-78(56(2)99)82(108)92-70(46-58-23-27-66(112-7)28-24-58)85(111)97-38-14-35-86(97,3)74(102)18-13-15-57-19-21-59(22-20-57)52-95(77(105)32-31-75(103)89-55)37-11-9-8-10-36-94-53-63(48-62(84(96)110)49-72(69)101)67-50-64(87)25-30-71(67)94/h8,10,12,16-17,19-25,27-28,30,45,50,53,55-56,62,68-70,73,78-79,99H,9,11,13-15,18,26,29,31-44,46-49,51-52,54H2,1-7H3,(H5-,88,89,90,91,92,93,103,104,106,107,108,109)/p+1/t55-,56+,62+,68+,69-,70-,73-,78-,79-,86-/m0/s1. The summed E-state index contributed by atoms with van der Waals surface area (Å²) in [6, 6.07) is 16.2. The largest absolute Gasteiger partial charge is 0.497 e. The normalized spacial score (nSPS) is 24.6. The Balaban J connectivity index is 1.07. The van der Waals surface area contributed by atoms with Gasteiger partial charge in [0.1, 0.15) is 60.7 Å². The summed E-state index contributed by atoms with van der Waals surface area (Å²) in [6.07, 6.45) is 2.86. The van der Waals surface area contributed by atoms with Gasteiger partial charge >= 0.3 is 0 Å². The third-order valence-corrected chi connectivity index (χ3v) is 22.3. The van der Waals surface area contributed by atoms with E-state index >= 15 is 33.2 Å². The van der Waals surface area contributed by atoms with Crippen LogP contribution >= 0.6 is 0 Å². The van der Waals surface area contributed by atoms with Crippen LogP contribution in [0.15, 0.2) is 109 Å². The Bertz CT molecular complexity index is 4330. The number of aryl methyl sites for hydroxylation is 1. The van der Waals surface area contributed by atoms with Crippen molar-refractivity contribution < 1.29 is 90.5 Å². The van der Waals surface area contributed by atoms with Crippen molar-refractivity contribution in [3.63, 3.8) is 0 Å². The molecule has 7 N–H and O–H groups in total. The third-order valence-electron chi connectivity index (χ3n) is 22.3. The van der Waals surface area contributed by atoms with Crippen molar-refractivity contribution in [3.8, 4) is 5.75 Å². The maximum Gasteiger partial charge on any atom is 0.246 e. The fraction of sp³-hybridized carbons (Fsp3) is 0.535. The number of amides is 9. The van der Waals surface area contributed by atoms with Gasteiger partial charge in [0.2, 0.25) is 53.2 Å². The zero-order valence-electron chi connectivity index (χ0n) is 67.2. The highest BCUT2D eigenvalue weighted by molar-refractivity contribution is 6.00. The van der Waals surface area contributed by atoms with Gasteiger partial charge < -0.3 is 79.7 Å². The van der Waals surface area contributed by atoms with E-state index in [1.54, 1.807) is 72.6 Å². The first-order valence-electron chi connectivity index (χ1n) is 40.2. The fourth-order valence-corrected chi connectivity index (χ4v) is 15.6. The number of Topliss-reactive ketones (excluding diaryl/α,β-unsaturated/α-hetero) is 3. The highest BCUT2D eigenvalue weighted by Gasteiger charge is 2.49. The molecule has 0 radical (unpaired) electrons. The average molecular weight is 1590 g/mol. The summed E-state index contributed by atoms with van der Waals surface area (Å²) < 4.78 is 41.6.